The van der Waals surface area contributed by atoms with Crippen LogP contribution in [0.3, 0.4) is 0 Å². The monoisotopic (exact) mass is 642 g/mol. The second-order valence-corrected chi connectivity index (χ2v) is 11.0. The molecule has 1 aliphatic carbocycles. The number of ether oxygens (including phenoxy) is 3. The second kappa shape index (κ2) is 20.2. The van der Waals surface area contributed by atoms with Gasteiger partial charge in [-0.1, -0.05) is 30.3 Å². The lowest BCUT2D eigenvalue weighted by atomic mass is 9.74. The summed E-state index contributed by atoms with van der Waals surface area (Å²) < 4.78 is 15.6. The molecule has 0 bridgehead atoms. The maximum absolute atomic E-state index is 13.8. The van der Waals surface area contributed by atoms with Crippen molar-refractivity contribution in [1.29, 1.82) is 0 Å². The summed E-state index contributed by atoms with van der Waals surface area (Å²) in [5, 5.41) is 29.1. The van der Waals surface area contributed by atoms with Crippen LogP contribution in [0.4, 0.5) is 5.69 Å². The number of anilines is 1. The van der Waals surface area contributed by atoms with Crippen LogP contribution in [0.2, 0.25) is 0 Å². The lowest BCUT2D eigenvalue weighted by Crippen LogP contribution is -2.50. The van der Waals surface area contributed by atoms with E-state index >= 15 is 0 Å². The van der Waals surface area contributed by atoms with E-state index in [1.165, 1.54) is 0 Å². The fraction of sp³-hybridized carbons (Fsp3) is 0.515. The summed E-state index contributed by atoms with van der Waals surface area (Å²) >= 11 is 0. The van der Waals surface area contributed by atoms with Crippen LogP contribution in [0.15, 0.2) is 54.6 Å². The standard InChI is InChI=1S/C33H46N4O9/c1-44-28-9-7-27(8-10-28)36-33(43)29(19-23-5-3-2-4-6-23)37-32(42)26-21-24(30(40)34-11-15-45-17-13-38)20-25(22-26)31(41)35-12-16-46-18-14-39/h2-10,24-26,29,38-39H,11-22H2,1H3,(H,34,40)(H,35,41)(H,36,43)(H,37,42)/t24-,25+,26?,29-/m0/s1. The molecule has 0 heterocycles. The van der Waals surface area contributed by atoms with Crippen LogP contribution in [-0.4, -0.2) is 99.7 Å². The Labute approximate surface area is 269 Å². The molecule has 4 atom stereocenters. The minimum absolute atomic E-state index is 0.126. The van der Waals surface area contributed by atoms with Crippen molar-refractivity contribution >= 4 is 29.3 Å². The van der Waals surface area contributed by atoms with Crippen LogP contribution in [0.25, 0.3) is 0 Å². The molecule has 3 rings (SSSR count). The highest BCUT2D eigenvalue weighted by molar-refractivity contribution is 5.98. The highest BCUT2D eigenvalue weighted by Crippen LogP contribution is 2.34. The van der Waals surface area contributed by atoms with Crippen LogP contribution in [0.5, 0.6) is 5.75 Å². The Morgan fingerprint density at radius 3 is 1.76 bits per heavy atom. The maximum atomic E-state index is 13.8. The van der Waals surface area contributed by atoms with Gasteiger partial charge >= 0.3 is 0 Å². The average Bonchev–Trinajstić information content (AvgIpc) is 3.08. The highest BCUT2D eigenvalue weighted by atomic mass is 16.5. The van der Waals surface area contributed by atoms with E-state index in [1.54, 1.807) is 31.4 Å². The number of rotatable bonds is 19. The number of hydrogen-bond donors (Lipinski definition) is 6. The molecule has 1 fully saturated rings. The number of aliphatic hydroxyl groups excluding tert-OH is 2. The van der Waals surface area contributed by atoms with Crippen LogP contribution < -0.4 is 26.0 Å². The zero-order valence-electron chi connectivity index (χ0n) is 26.2. The molecule has 13 nitrogen and oxygen atoms in total. The maximum Gasteiger partial charge on any atom is 0.247 e. The quantitative estimate of drug-likeness (QED) is 0.120. The zero-order valence-corrected chi connectivity index (χ0v) is 26.2. The summed E-state index contributed by atoms with van der Waals surface area (Å²) in [6.07, 6.45) is 0.895. The first-order valence-electron chi connectivity index (χ1n) is 15.6. The van der Waals surface area contributed by atoms with E-state index in [2.05, 4.69) is 21.3 Å². The van der Waals surface area contributed by atoms with Crippen molar-refractivity contribution < 1.29 is 43.6 Å². The predicted octanol–water partition coefficient (Wildman–Crippen LogP) is 0.644. The van der Waals surface area contributed by atoms with Gasteiger partial charge in [-0.3, -0.25) is 19.2 Å². The first-order chi connectivity index (χ1) is 22.3. The van der Waals surface area contributed by atoms with Crippen molar-refractivity contribution in [2.24, 2.45) is 17.8 Å². The van der Waals surface area contributed by atoms with Gasteiger partial charge in [0.2, 0.25) is 23.6 Å². The summed E-state index contributed by atoms with van der Waals surface area (Å²) in [5.41, 5.74) is 1.39. The first-order valence-corrected chi connectivity index (χ1v) is 15.6. The van der Waals surface area contributed by atoms with Crippen molar-refractivity contribution in [3.63, 3.8) is 0 Å². The van der Waals surface area contributed by atoms with Crippen molar-refractivity contribution in [1.82, 2.24) is 16.0 Å². The SMILES string of the molecule is COc1ccc(NC(=O)[C@H](Cc2ccccc2)NC(=O)C2C[C@@H](C(=O)NCCOCCO)C[C@@H](C(=O)NCCOCCO)C2)cc1. The van der Waals surface area contributed by atoms with E-state index in [-0.39, 0.29) is 90.2 Å². The number of hydrogen-bond acceptors (Lipinski definition) is 9. The van der Waals surface area contributed by atoms with E-state index in [0.717, 1.165) is 5.56 Å². The second-order valence-electron chi connectivity index (χ2n) is 11.0. The minimum Gasteiger partial charge on any atom is -0.497 e. The van der Waals surface area contributed by atoms with Gasteiger partial charge in [0.1, 0.15) is 11.8 Å². The lowest BCUT2D eigenvalue weighted by Gasteiger charge is -2.33. The number of amides is 4. The van der Waals surface area contributed by atoms with Crippen molar-refractivity contribution in [2.45, 2.75) is 31.7 Å². The van der Waals surface area contributed by atoms with Crippen LogP contribution >= 0.6 is 0 Å². The molecule has 0 radical (unpaired) electrons. The molecular weight excluding hydrogens is 596 g/mol. The number of benzene rings is 2. The molecule has 1 aliphatic rings. The Kier molecular flexibility index (Phi) is 16.0. The van der Waals surface area contributed by atoms with Crippen molar-refractivity contribution in [2.75, 3.05) is 65.2 Å². The Hall–Kier alpha value is -4.04. The van der Waals surface area contributed by atoms with Gasteiger partial charge in [-0.05, 0) is 49.1 Å². The third kappa shape index (κ3) is 12.4. The topological polar surface area (TPSA) is 185 Å². The summed E-state index contributed by atoms with van der Waals surface area (Å²) in [7, 11) is 1.55. The molecule has 0 aliphatic heterocycles. The molecule has 2 aromatic rings. The smallest absolute Gasteiger partial charge is 0.247 e. The predicted molar refractivity (Wildman–Crippen MR) is 170 cm³/mol. The number of methoxy groups -OCH3 is 1. The Morgan fingerprint density at radius 2 is 1.26 bits per heavy atom. The molecule has 0 aromatic heterocycles. The molecule has 252 valence electrons. The van der Waals surface area contributed by atoms with E-state index < -0.39 is 35.6 Å². The summed E-state index contributed by atoms with van der Waals surface area (Å²) in [4.78, 5) is 53.5. The van der Waals surface area contributed by atoms with Gasteiger partial charge < -0.3 is 45.7 Å². The van der Waals surface area contributed by atoms with Crippen molar-refractivity contribution in [3.05, 3.63) is 60.2 Å². The molecule has 4 amide bonds. The third-order valence-corrected chi connectivity index (χ3v) is 7.66. The fourth-order valence-corrected chi connectivity index (χ4v) is 5.33. The Morgan fingerprint density at radius 1 is 0.739 bits per heavy atom. The molecular formula is C33H46N4O9. The van der Waals surface area contributed by atoms with E-state index in [9.17, 15) is 19.2 Å². The van der Waals surface area contributed by atoms with Gasteiger partial charge in [0.05, 0.1) is 46.8 Å². The van der Waals surface area contributed by atoms with E-state index in [0.29, 0.717) is 11.4 Å². The largest absolute Gasteiger partial charge is 0.497 e. The Balaban J connectivity index is 1.73. The lowest BCUT2D eigenvalue weighted by molar-refractivity contribution is -0.136. The summed E-state index contributed by atoms with van der Waals surface area (Å²) in [6.45, 7) is 0.920. The molecule has 0 saturated heterocycles. The molecule has 2 aromatic carbocycles. The van der Waals surface area contributed by atoms with Gasteiger partial charge in [0.15, 0.2) is 0 Å². The molecule has 0 spiro atoms. The molecule has 46 heavy (non-hydrogen) atoms. The zero-order chi connectivity index (χ0) is 33.1. The third-order valence-electron chi connectivity index (χ3n) is 7.66. The van der Waals surface area contributed by atoms with Crippen LogP contribution in [0.1, 0.15) is 24.8 Å². The first kappa shape index (κ1) is 36.4. The van der Waals surface area contributed by atoms with E-state index in [1.807, 2.05) is 30.3 Å². The number of carbonyl (C=O) groups excluding carboxylic acids is 4. The van der Waals surface area contributed by atoms with Gasteiger partial charge in [-0.2, -0.15) is 0 Å². The van der Waals surface area contributed by atoms with Gasteiger partial charge in [0.25, 0.3) is 0 Å². The summed E-state index contributed by atoms with van der Waals surface area (Å²) in [5.74, 6) is -2.74. The average molecular weight is 643 g/mol. The Bertz CT molecular complexity index is 1200. The minimum atomic E-state index is -0.925. The van der Waals surface area contributed by atoms with E-state index in [4.69, 9.17) is 24.4 Å². The van der Waals surface area contributed by atoms with Gasteiger partial charge in [-0.15, -0.1) is 0 Å². The molecule has 1 saturated carbocycles. The number of carbonyl (C=O) groups is 4. The number of nitrogens with one attached hydrogen (secondary N) is 4. The molecule has 13 heteroatoms. The van der Waals surface area contributed by atoms with Crippen LogP contribution in [0, 0.1) is 17.8 Å². The van der Waals surface area contributed by atoms with Gasteiger partial charge in [0, 0.05) is 43.0 Å². The highest BCUT2D eigenvalue weighted by Gasteiger charge is 2.39. The fourth-order valence-electron chi connectivity index (χ4n) is 5.33. The van der Waals surface area contributed by atoms with Crippen LogP contribution in [-0.2, 0) is 35.1 Å². The van der Waals surface area contributed by atoms with Gasteiger partial charge in [-0.25, -0.2) is 0 Å². The summed E-state index contributed by atoms with van der Waals surface area (Å²) in [6, 6.07) is 15.2. The molecule has 1 unspecified atom stereocenters. The van der Waals surface area contributed by atoms with Crippen molar-refractivity contribution in [3.8, 4) is 5.75 Å². The molecule has 6 N–H and O–H groups in total. The number of aliphatic hydroxyl groups is 2. The normalized spacial score (nSPS) is 18.2.